The number of amides is 1. The molecule has 0 radical (unpaired) electrons. The van der Waals surface area contributed by atoms with Crippen molar-refractivity contribution in [2.75, 3.05) is 16.2 Å². The molecule has 0 unspecified atom stereocenters. The first kappa shape index (κ1) is 22.8. The van der Waals surface area contributed by atoms with Gasteiger partial charge in [-0.1, -0.05) is 72.8 Å². The first-order valence-electron chi connectivity index (χ1n) is 10.5. The second kappa shape index (κ2) is 10.0. The summed E-state index contributed by atoms with van der Waals surface area (Å²) in [7, 11) is -4.07. The van der Waals surface area contributed by atoms with Crippen LogP contribution in [0.4, 0.5) is 11.4 Å². The van der Waals surface area contributed by atoms with Crippen molar-refractivity contribution >= 4 is 27.3 Å². The van der Waals surface area contributed by atoms with E-state index in [1.807, 2.05) is 48.5 Å². The van der Waals surface area contributed by atoms with Crippen molar-refractivity contribution < 1.29 is 13.2 Å². The number of carbonyl (C=O) groups is 1. The van der Waals surface area contributed by atoms with Gasteiger partial charge in [-0.25, -0.2) is 8.42 Å². The van der Waals surface area contributed by atoms with E-state index < -0.39 is 22.5 Å². The summed E-state index contributed by atoms with van der Waals surface area (Å²) in [4.78, 5) is 13.2. The molecule has 0 atom stereocenters. The van der Waals surface area contributed by atoms with Crippen molar-refractivity contribution in [3.05, 3.63) is 115 Å². The minimum atomic E-state index is -4.07. The molecule has 1 N–H and O–H groups in total. The van der Waals surface area contributed by atoms with Gasteiger partial charge >= 0.3 is 0 Å². The molecule has 0 bridgehead atoms. The molecule has 1 amide bonds. The predicted molar refractivity (Wildman–Crippen MR) is 133 cm³/mol. The Morgan fingerprint density at radius 2 is 1.47 bits per heavy atom. The Hall–Kier alpha value is -4.41. The molecule has 0 saturated heterocycles. The highest BCUT2D eigenvalue weighted by molar-refractivity contribution is 7.92. The summed E-state index contributed by atoms with van der Waals surface area (Å²) in [6.45, 7) is -0.463. The van der Waals surface area contributed by atoms with E-state index in [9.17, 15) is 18.5 Å². The zero-order chi connectivity index (χ0) is 24.0. The van der Waals surface area contributed by atoms with Crippen molar-refractivity contribution in [2.45, 2.75) is 4.90 Å². The molecule has 0 aromatic heterocycles. The number of nitrogens with zero attached hydrogens (tertiary/aromatic N) is 2. The molecular formula is C27H21N3O3S. The lowest BCUT2D eigenvalue weighted by Gasteiger charge is -2.24. The van der Waals surface area contributed by atoms with Gasteiger partial charge in [-0.05, 0) is 42.0 Å². The third kappa shape index (κ3) is 4.98. The Morgan fingerprint density at radius 3 is 2.18 bits per heavy atom. The van der Waals surface area contributed by atoms with Crippen molar-refractivity contribution in [1.82, 2.24) is 0 Å². The quantitative estimate of drug-likeness (QED) is 0.411. The summed E-state index contributed by atoms with van der Waals surface area (Å²) in [6.07, 6.45) is 0. The van der Waals surface area contributed by atoms with E-state index in [4.69, 9.17) is 0 Å². The molecule has 0 saturated carbocycles. The molecule has 4 aromatic rings. The molecule has 4 aromatic carbocycles. The molecule has 0 spiro atoms. The number of sulfonamides is 1. The van der Waals surface area contributed by atoms with Crippen LogP contribution in [0.25, 0.3) is 11.1 Å². The Kier molecular flexibility index (Phi) is 6.72. The fourth-order valence-electron chi connectivity index (χ4n) is 3.55. The molecule has 0 aliphatic carbocycles. The van der Waals surface area contributed by atoms with Crippen LogP contribution in [0.1, 0.15) is 5.56 Å². The van der Waals surface area contributed by atoms with Crippen LogP contribution in [0.15, 0.2) is 114 Å². The molecule has 0 fully saturated rings. The van der Waals surface area contributed by atoms with E-state index >= 15 is 0 Å². The summed E-state index contributed by atoms with van der Waals surface area (Å²) in [5.74, 6) is -0.509. The molecule has 0 heterocycles. The molecular weight excluding hydrogens is 446 g/mol. The van der Waals surface area contributed by atoms with Crippen LogP contribution in [-0.4, -0.2) is 20.9 Å². The van der Waals surface area contributed by atoms with Crippen molar-refractivity contribution in [2.24, 2.45) is 0 Å². The normalized spacial score (nSPS) is 10.8. The largest absolute Gasteiger partial charge is 0.324 e. The van der Waals surface area contributed by atoms with Gasteiger partial charge in [-0.3, -0.25) is 9.10 Å². The maximum atomic E-state index is 13.5. The summed E-state index contributed by atoms with van der Waals surface area (Å²) >= 11 is 0. The SMILES string of the molecule is N#Cc1cccc(N(CC(=O)Nc2ccccc2-c2ccccc2)S(=O)(=O)c2ccccc2)c1. The third-order valence-electron chi connectivity index (χ3n) is 5.17. The van der Waals surface area contributed by atoms with Crippen LogP contribution in [0.2, 0.25) is 0 Å². The van der Waals surface area contributed by atoms with Crippen LogP contribution in [-0.2, 0) is 14.8 Å². The van der Waals surface area contributed by atoms with Crippen molar-refractivity contribution in [3.63, 3.8) is 0 Å². The number of carbonyl (C=O) groups excluding carboxylic acids is 1. The summed E-state index contributed by atoms with van der Waals surface area (Å²) in [5.41, 5.74) is 2.84. The molecule has 4 rings (SSSR count). The summed E-state index contributed by atoms with van der Waals surface area (Å²) < 4.78 is 28.0. The Bertz CT molecular complexity index is 1450. The van der Waals surface area contributed by atoms with E-state index in [1.54, 1.807) is 48.5 Å². The molecule has 0 aliphatic rings. The fraction of sp³-hybridized carbons (Fsp3) is 0.0370. The number of hydrogen-bond donors (Lipinski definition) is 1. The number of benzene rings is 4. The highest BCUT2D eigenvalue weighted by atomic mass is 32.2. The maximum Gasteiger partial charge on any atom is 0.264 e. The number of anilines is 2. The third-order valence-corrected chi connectivity index (χ3v) is 6.96. The van der Waals surface area contributed by atoms with Crippen LogP contribution >= 0.6 is 0 Å². The smallest absolute Gasteiger partial charge is 0.264 e. The number of nitrogens with one attached hydrogen (secondary N) is 1. The van der Waals surface area contributed by atoms with Gasteiger partial charge < -0.3 is 5.32 Å². The van der Waals surface area contributed by atoms with E-state index in [0.29, 0.717) is 11.3 Å². The number of rotatable bonds is 7. The van der Waals surface area contributed by atoms with Gasteiger partial charge in [0.15, 0.2) is 0 Å². The highest BCUT2D eigenvalue weighted by Gasteiger charge is 2.27. The summed E-state index contributed by atoms with van der Waals surface area (Å²) in [5, 5.41) is 12.1. The van der Waals surface area contributed by atoms with E-state index in [0.717, 1.165) is 15.4 Å². The Balaban J connectivity index is 1.68. The van der Waals surface area contributed by atoms with Gasteiger partial charge in [0.1, 0.15) is 6.54 Å². The van der Waals surface area contributed by atoms with Crippen LogP contribution in [0, 0.1) is 11.3 Å². The van der Waals surface area contributed by atoms with Gasteiger partial charge in [0.25, 0.3) is 10.0 Å². The minimum absolute atomic E-state index is 0.0508. The fourth-order valence-corrected chi connectivity index (χ4v) is 4.98. The van der Waals surface area contributed by atoms with Gasteiger partial charge in [-0.2, -0.15) is 5.26 Å². The zero-order valence-corrected chi connectivity index (χ0v) is 18.9. The monoisotopic (exact) mass is 467 g/mol. The van der Waals surface area contributed by atoms with Gasteiger partial charge in [-0.15, -0.1) is 0 Å². The van der Waals surface area contributed by atoms with E-state index in [2.05, 4.69) is 5.32 Å². The second-order valence-corrected chi connectivity index (χ2v) is 9.31. The molecule has 34 heavy (non-hydrogen) atoms. The molecule has 168 valence electrons. The standard InChI is InChI=1S/C27H21N3O3S/c28-19-21-10-9-13-23(18-21)30(34(32,33)24-14-5-2-6-15-24)20-27(31)29-26-17-8-7-16-25(26)22-11-3-1-4-12-22/h1-18H,20H2,(H,29,31). The minimum Gasteiger partial charge on any atom is -0.324 e. The molecule has 0 aliphatic heterocycles. The number of nitriles is 1. The number of hydrogen-bond acceptors (Lipinski definition) is 4. The van der Waals surface area contributed by atoms with Crippen LogP contribution in [0.3, 0.4) is 0 Å². The predicted octanol–water partition coefficient (Wildman–Crippen LogP) is 5.06. The van der Waals surface area contributed by atoms with Gasteiger partial charge in [0.05, 0.1) is 22.2 Å². The lowest BCUT2D eigenvalue weighted by atomic mass is 10.0. The second-order valence-electron chi connectivity index (χ2n) is 7.45. The van der Waals surface area contributed by atoms with E-state index in [1.165, 1.54) is 18.2 Å². The van der Waals surface area contributed by atoms with E-state index in [-0.39, 0.29) is 10.6 Å². The Labute approximate surface area is 198 Å². The van der Waals surface area contributed by atoms with Gasteiger partial charge in [0, 0.05) is 11.3 Å². The average Bonchev–Trinajstić information content (AvgIpc) is 2.88. The van der Waals surface area contributed by atoms with Crippen molar-refractivity contribution in [1.29, 1.82) is 5.26 Å². The lowest BCUT2D eigenvalue weighted by Crippen LogP contribution is -2.38. The lowest BCUT2D eigenvalue weighted by molar-refractivity contribution is -0.114. The first-order valence-corrected chi connectivity index (χ1v) is 12.0. The van der Waals surface area contributed by atoms with Crippen LogP contribution in [0.5, 0.6) is 0 Å². The topological polar surface area (TPSA) is 90.3 Å². The molecule has 6 nitrogen and oxygen atoms in total. The summed E-state index contributed by atoms with van der Waals surface area (Å²) in [6, 6.07) is 33.0. The highest BCUT2D eigenvalue weighted by Crippen LogP contribution is 2.28. The van der Waals surface area contributed by atoms with Crippen LogP contribution < -0.4 is 9.62 Å². The first-order chi connectivity index (χ1) is 16.5. The van der Waals surface area contributed by atoms with Crippen molar-refractivity contribution in [3.8, 4) is 17.2 Å². The zero-order valence-electron chi connectivity index (χ0n) is 18.1. The maximum absolute atomic E-state index is 13.5. The molecule has 7 heteroatoms. The Morgan fingerprint density at radius 1 is 0.824 bits per heavy atom. The van der Waals surface area contributed by atoms with Gasteiger partial charge in [0.2, 0.25) is 5.91 Å². The average molecular weight is 468 g/mol. The number of para-hydroxylation sites is 1.